The highest BCUT2D eigenvalue weighted by Gasteiger charge is 2.37. The average molecular weight is 653 g/mol. The lowest BCUT2D eigenvalue weighted by Gasteiger charge is -2.42. The number of aromatic nitrogens is 1. The maximum absolute atomic E-state index is 8.31. The third-order valence-corrected chi connectivity index (χ3v) is 10.4. The van der Waals surface area contributed by atoms with E-state index < -0.39 is 0 Å². The predicted molar refractivity (Wildman–Crippen MR) is 211 cm³/mol. The standard InChI is InChI=1S/C47H32N4/c1-47(2)39-21-11-13-24-44(39)50(33-15-6-5-7-16-33)45-27-25-31(29-40(45)47)34-17-8-9-18-35(34)37-20-14-22-41(49-4)46(37)51-42-23-12-10-19-36(42)38-30-32(48-3)26-28-43(38)51/h5-30H,1-2H3. The quantitative estimate of drug-likeness (QED) is 0.173. The Bertz CT molecular complexity index is 2760. The number of benzene rings is 7. The van der Waals surface area contributed by atoms with Crippen LogP contribution in [0.4, 0.5) is 28.4 Å². The third-order valence-electron chi connectivity index (χ3n) is 10.4. The van der Waals surface area contributed by atoms with E-state index in [1.165, 1.54) is 22.5 Å². The van der Waals surface area contributed by atoms with Gasteiger partial charge in [0.15, 0.2) is 5.69 Å². The second-order valence-corrected chi connectivity index (χ2v) is 13.5. The fourth-order valence-corrected chi connectivity index (χ4v) is 8.04. The van der Waals surface area contributed by atoms with E-state index >= 15 is 0 Å². The molecule has 7 aromatic carbocycles. The van der Waals surface area contributed by atoms with E-state index in [1.54, 1.807) is 0 Å². The van der Waals surface area contributed by atoms with E-state index in [4.69, 9.17) is 13.1 Å². The topological polar surface area (TPSA) is 16.9 Å². The summed E-state index contributed by atoms with van der Waals surface area (Å²) in [4.78, 5) is 10.2. The molecule has 0 atom stereocenters. The second-order valence-electron chi connectivity index (χ2n) is 13.5. The molecule has 0 aliphatic carbocycles. The van der Waals surface area contributed by atoms with Gasteiger partial charge in [-0.3, -0.25) is 0 Å². The summed E-state index contributed by atoms with van der Waals surface area (Å²) in [6.45, 7) is 20.6. The van der Waals surface area contributed by atoms with Gasteiger partial charge < -0.3 is 9.47 Å². The highest BCUT2D eigenvalue weighted by atomic mass is 15.2. The molecule has 240 valence electrons. The van der Waals surface area contributed by atoms with Crippen molar-refractivity contribution in [2.24, 2.45) is 0 Å². The zero-order valence-corrected chi connectivity index (χ0v) is 28.3. The molecule has 9 rings (SSSR count). The van der Waals surface area contributed by atoms with Gasteiger partial charge in [-0.05, 0) is 87.3 Å². The number of nitrogens with zero attached hydrogens (tertiary/aromatic N) is 4. The van der Waals surface area contributed by atoms with Crippen LogP contribution >= 0.6 is 0 Å². The van der Waals surface area contributed by atoms with Gasteiger partial charge in [0.25, 0.3) is 0 Å². The lowest BCUT2D eigenvalue weighted by Crippen LogP contribution is -2.30. The first-order valence-corrected chi connectivity index (χ1v) is 17.1. The van der Waals surface area contributed by atoms with Crippen molar-refractivity contribution < 1.29 is 0 Å². The van der Waals surface area contributed by atoms with E-state index in [9.17, 15) is 0 Å². The minimum Gasteiger partial charge on any atom is -0.318 e. The van der Waals surface area contributed by atoms with E-state index in [0.29, 0.717) is 11.4 Å². The van der Waals surface area contributed by atoms with E-state index in [0.717, 1.165) is 55.4 Å². The lowest BCUT2D eigenvalue weighted by molar-refractivity contribution is 0.632. The van der Waals surface area contributed by atoms with Crippen molar-refractivity contribution >= 4 is 50.2 Å². The molecule has 51 heavy (non-hydrogen) atoms. The number of hydrogen-bond donors (Lipinski definition) is 0. The molecule has 0 N–H and O–H groups in total. The van der Waals surface area contributed by atoms with Gasteiger partial charge in [0.2, 0.25) is 5.69 Å². The van der Waals surface area contributed by atoms with Gasteiger partial charge in [-0.25, -0.2) is 9.69 Å². The average Bonchev–Trinajstić information content (AvgIpc) is 3.51. The van der Waals surface area contributed by atoms with Crippen LogP contribution in [0.25, 0.3) is 59.4 Å². The monoisotopic (exact) mass is 652 g/mol. The van der Waals surface area contributed by atoms with Crippen LogP contribution in [-0.2, 0) is 5.41 Å². The molecule has 8 aromatic rings. The van der Waals surface area contributed by atoms with Crippen LogP contribution in [-0.4, -0.2) is 4.57 Å². The Morgan fingerprint density at radius 1 is 0.510 bits per heavy atom. The van der Waals surface area contributed by atoms with E-state index in [-0.39, 0.29) is 5.41 Å². The van der Waals surface area contributed by atoms with Gasteiger partial charge >= 0.3 is 0 Å². The van der Waals surface area contributed by atoms with Crippen molar-refractivity contribution in [2.75, 3.05) is 4.90 Å². The highest BCUT2D eigenvalue weighted by Crippen LogP contribution is 2.53. The molecule has 0 saturated carbocycles. The van der Waals surface area contributed by atoms with Gasteiger partial charge in [-0.15, -0.1) is 0 Å². The molecule has 0 amide bonds. The number of fused-ring (bicyclic) bond motifs is 5. The van der Waals surface area contributed by atoms with E-state index in [2.05, 4.69) is 148 Å². The molecule has 1 aliphatic heterocycles. The maximum atomic E-state index is 8.31. The minimum absolute atomic E-state index is 0.246. The fraction of sp³-hybridized carbons (Fsp3) is 0.0638. The molecular weight excluding hydrogens is 621 g/mol. The molecule has 0 saturated heterocycles. The molecule has 0 spiro atoms. The molecule has 2 heterocycles. The Balaban J connectivity index is 1.28. The van der Waals surface area contributed by atoms with Gasteiger partial charge in [-0.2, -0.15) is 0 Å². The number of hydrogen-bond acceptors (Lipinski definition) is 1. The predicted octanol–water partition coefficient (Wildman–Crippen LogP) is 13.3. The highest BCUT2D eigenvalue weighted by molar-refractivity contribution is 6.11. The van der Waals surface area contributed by atoms with Crippen LogP contribution in [0.5, 0.6) is 0 Å². The molecule has 1 aliphatic rings. The van der Waals surface area contributed by atoms with Gasteiger partial charge in [0.05, 0.1) is 41.2 Å². The lowest BCUT2D eigenvalue weighted by atomic mass is 9.72. The van der Waals surface area contributed by atoms with Crippen LogP contribution in [0.15, 0.2) is 158 Å². The summed E-state index contributed by atoms with van der Waals surface area (Å²) in [7, 11) is 0. The molecule has 0 bridgehead atoms. The SMILES string of the molecule is [C-]#[N+]c1ccc2c(c1)c1ccccc1n2-c1c([N+]#[C-])cccc1-c1ccccc1-c1ccc2c(c1)C(C)(C)c1ccccc1N2c1ccccc1. The van der Waals surface area contributed by atoms with Crippen LogP contribution < -0.4 is 4.90 Å². The first-order chi connectivity index (χ1) is 25.0. The molecular formula is C47H32N4. The Kier molecular flexibility index (Phi) is 6.88. The van der Waals surface area contributed by atoms with Crippen LogP contribution in [0.1, 0.15) is 25.0 Å². The molecule has 4 nitrogen and oxygen atoms in total. The number of anilines is 3. The van der Waals surface area contributed by atoms with Gasteiger partial charge in [0.1, 0.15) is 0 Å². The molecule has 0 unspecified atom stereocenters. The molecule has 1 aromatic heterocycles. The first kappa shape index (κ1) is 30.2. The Labute approximate surface area is 297 Å². The summed E-state index contributed by atoms with van der Waals surface area (Å²) in [5, 5.41) is 2.05. The first-order valence-electron chi connectivity index (χ1n) is 17.1. The summed E-state index contributed by atoms with van der Waals surface area (Å²) in [6.07, 6.45) is 0. The molecule has 0 fully saturated rings. The van der Waals surface area contributed by atoms with Crippen molar-refractivity contribution in [1.29, 1.82) is 0 Å². The second kappa shape index (κ2) is 11.6. The summed E-state index contributed by atoms with van der Waals surface area (Å²) >= 11 is 0. The van der Waals surface area contributed by atoms with Gasteiger partial charge in [0, 0.05) is 16.5 Å². The van der Waals surface area contributed by atoms with Crippen LogP contribution in [0.2, 0.25) is 0 Å². The van der Waals surface area contributed by atoms with Crippen molar-refractivity contribution in [3.63, 3.8) is 0 Å². The van der Waals surface area contributed by atoms with Crippen LogP contribution in [0, 0.1) is 13.1 Å². The Morgan fingerprint density at radius 2 is 1.20 bits per heavy atom. The van der Waals surface area contributed by atoms with Crippen LogP contribution in [0.3, 0.4) is 0 Å². The third kappa shape index (κ3) is 4.58. The zero-order valence-electron chi connectivity index (χ0n) is 28.3. The minimum atomic E-state index is -0.246. The number of para-hydroxylation sites is 4. The summed E-state index contributed by atoms with van der Waals surface area (Å²) in [6, 6.07) is 54.9. The summed E-state index contributed by atoms with van der Waals surface area (Å²) in [5.74, 6) is 0. The van der Waals surface area contributed by atoms with Crippen molar-refractivity contribution in [1.82, 2.24) is 4.57 Å². The Morgan fingerprint density at radius 3 is 2.02 bits per heavy atom. The molecule has 0 radical (unpaired) electrons. The van der Waals surface area contributed by atoms with Gasteiger partial charge in [-0.1, -0.05) is 123 Å². The summed E-state index contributed by atoms with van der Waals surface area (Å²) < 4.78 is 2.21. The van der Waals surface area contributed by atoms with E-state index in [1.807, 2.05) is 42.5 Å². The zero-order chi connectivity index (χ0) is 34.7. The van der Waals surface area contributed by atoms with Crippen molar-refractivity contribution in [2.45, 2.75) is 19.3 Å². The molecule has 4 heteroatoms. The number of rotatable bonds is 4. The maximum Gasteiger partial charge on any atom is 0.211 e. The summed E-state index contributed by atoms with van der Waals surface area (Å²) in [5.41, 5.74) is 14.0. The smallest absolute Gasteiger partial charge is 0.211 e. The Hall–Kier alpha value is -6.88. The van der Waals surface area contributed by atoms with Crippen molar-refractivity contribution in [3.8, 4) is 27.9 Å². The van der Waals surface area contributed by atoms with Crippen molar-refractivity contribution in [3.05, 3.63) is 192 Å². The largest absolute Gasteiger partial charge is 0.318 e. The normalized spacial score (nSPS) is 13.0. The fourth-order valence-electron chi connectivity index (χ4n) is 8.04.